The van der Waals surface area contributed by atoms with Crippen LogP contribution in [0, 0.1) is 0 Å². The van der Waals surface area contributed by atoms with Crippen molar-refractivity contribution in [3.05, 3.63) is 40.9 Å². The van der Waals surface area contributed by atoms with E-state index in [-0.39, 0.29) is 18.1 Å². The first-order valence-corrected chi connectivity index (χ1v) is 10.3. The lowest BCUT2D eigenvalue weighted by Crippen LogP contribution is -2.42. The number of hydrogen-bond acceptors (Lipinski definition) is 6. The van der Waals surface area contributed by atoms with E-state index in [4.69, 9.17) is 14.5 Å². The lowest BCUT2D eigenvalue weighted by atomic mass is 10.0. The van der Waals surface area contributed by atoms with Crippen LogP contribution in [0.5, 0.6) is 0 Å². The van der Waals surface area contributed by atoms with Gasteiger partial charge in [-0.2, -0.15) is 0 Å². The van der Waals surface area contributed by atoms with Gasteiger partial charge in [0, 0.05) is 17.5 Å². The van der Waals surface area contributed by atoms with Crippen molar-refractivity contribution in [1.29, 1.82) is 0 Å². The monoisotopic (exact) mass is 402 g/mol. The van der Waals surface area contributed by atoms with Gasteiger partial charge in [0.25, 0.3) is 0 Å². The molecule has 0 radical (unpaired) electrons. The van der Waals surface area contributed by atoms with Crippen molar-refractivity contribution in [3.63, 3.8) is 0 Å². The highest BCUT2D eigenvalue weighted by Gasteiger charge is 2.32. The topological polar surface area (TPSA) is 68.7 Å². The van der Waals surface area contributed by atoms with Crippen LogP contribution in [-0.2, 0) is 9.47 Å². The molecule has 7 heteroatoms. The molecule has 0 spiro atoms. The maximum absolute atomic E-state index is 12.6. The van der Waals surface area contributed by atoms with Crippen molar-refractivity contribution in [2.75, 3.05) is 13.7 Å². The number of carbonyl (C=O) groups excluding carboxylic acids is 2. The molecule has 1 amide bonds. The number of thiazole rings is 1. The minimum absolute atomic E-state index is 0.0667. The summed E-state index contributed by atoms with van der Waals surface area (Å²) in [6.07, 6.45) is 2.63. The van der Waals surface area contributed by atoms with E-state index < -0.39 is 5.60 Å². The zero-order valence-corrected chi connectivity index (χ0v) is 17.5. The number of aromatic nitrogens is 1. The molecule has 1 saturated heterocycles. The molecule has 0 aliphatic carbocycles. The fraction of sp³-hybridized carbons (Fsp3) is 0.476. The number of likely N-dealkylation sites (tertiary alicyclic amines) is 1. The van der Waals surface area contributed by atoms with Crippen LogP contribution in [0.15, 0.2) is 29.6 Å². The summed E-state index contributed by atoms with van der Waals surface area (Å²) >= 11 is 1.54. The molecular formula is C21H26N2O4S. The smallest absolute Gasteiger partial charge is 0.410 e. The van der Waals surface area contributed by atoms with E-state index in [2.05, 4.69) is 0 Å². The van der Waals surface area contributed by atoms with Crippen LogP contribution in [0.4, 0.5) is 4.79 Å². The lowest BCUT2D eigenvalue weighted by molar-refractivity contribution is 0.00906. The number of hydrogen-bond donors (Lipinski definition) is 0. The Labute approximate surface area is 169 Å². The molecule has 2 aromatic rings. The van der Waals surface area contributed by atoms with E-state index in [1.165, 1.54) is 18.4 Å². The predicted octanol–water partition coefficient (Wildman–Crippen LogP) is 5.06. The quantitative estimate of drug-likeness (QED) is 0.671. The van der Waals surface area contributed by atoms with Crippen molar-refractivity contribution >= 4 is 23.4 Å². The molecule has 28 heavy (non-hydrogen) atoms. The van der Waals surface area contributed by atoms with E-state index >= 15 is 0 Å². The maximum Gasteiger partial charge on any atom is 0.410 e. The molecule has 1 aliphatic heterocycles. The average molecular weight is 403 g/mol. The Bertz CT molecular complexity index is 839. The number of benzene rings is 1. The van der Waals surface area contributed by atoms with Gasteiger partial charge < -0.3 is 9.47 Å². The van der Waals surface area contributed by atoms with Crippen LogP contribution in [0.1, 0.15) is 62.1 Å². The molecule has 0 N–H and O–H groups in total. The highest BCUT2D eigenvalue weighted by molar-refractivity contribution is 7.13. The van der Waals surface area contributed by atoms with E-state index in [1.54, 1.807) is 17.0 Å². The number of piperidine rings is 1. The summed E-state index contributed by atoms with van der Waals surface area (Å²) in [5.74, 6) is -0.360. The largest absolute Gasteiger partial charge is 0.465 e. The molecule has 6 nitrogen and oxygen atoms in total. The van der Waals surface area contributed by atoms with E-state index in [9.17, 15) is 9.59 Å². The van der Waals surface area contributed by atoms with E-state index in [0.29, 0.717) is 12.1 Å². The number of carbonyl (C=O) groups is 2. The second-order valence-corrected chi connectivity index (χ2v) is 8.69. The highest BCUT2D eigenvalue weighted by Crippen LogP contribution is 2.35. The Morgan fingerprint density at radius 1 is 1.18 bits per heavy atom. The van der Waals surface area contributed by atoms with Gasteiger partial charge in [-0.05, 0) is 52.2 Å². The summed E-state index contributed by atoms with van der Waals surface area (Å²) in [6, 6.07) is 7.12. The first kappa shape index (κ1) is 20.3. The van der Waals surface area contributed by atoms with Crippen LogP contribution in [-0.4, -0.2) is 41.2 Å². The molecule has 1 atom stereocenters. The van der Waals surface area contributed by atoms with Gasteiger partial charge in [-0.15, -0.1) is 11.3 Å². The SMILES string of the molecule is COC(=O)c1ccc(-c2nc(C3CCCCN3C(=O)OC(C)(C)C)cs2)cc1. The van der Waals surface area contributed by atoms with Crippen molar-refractivity contribution in [3.8, 4) is 10.6 Å². The fourth-order valence-electron chi connectivity index (χ4n) is 3.22. The van der Waals surface area contributed by atoms with Crippen molar-refractivity contribution < 1.29 is 19.1 Å². The third kappa shape index (κ3) is 4.70. The number of nitrogens with zero attached hydrogens (tertiary/aromatic N) is 2. The summed E-state index contributed by atoms with van der Waals surface area (Å²) in [5.41, 5.74) is 1.81. The molecule has 1 unspecified atom stereocenters. The molecule has 3 rings (SSSR count). The van der Waals surface area contributed by atoms with Gasteiger partial charge in [0.15, 0.2) is 0 Å². The Balaban J connectivity index is 1.79. The Morgan fingerprint density at radius 2 is 1.89 bits per heavy atom. The second-order valence-electron chi connectivity index (χ2n) is 7.83. The van der Waals surface area contributed by atoms with Crippen LogP contribution >= 0.6 is 11.3 Å². The van der Waals surface area contributed by atoms with E-state index in [1.807, 2.05) is 38.3 Å². The van der Waals surface area contributed by atoms with Gasteiger partial charge in [0.2, 0.25) is 0 Å². The maximum atomic E-state index is 12.6. The lowest BCUT2D eigenvalue weighted by Gasteiger charge is -2.36. The zero-order valence-electron chi connectivity index (χ0n) is 16.7. The summed E-state index contributed by atoms with van der Waals surface area (Å²) in [7, 11) is 1.37. The van der Waals surface area contributed by atoms with Crippen LogP contribution in [0.2, 0.25) is 0 Å². The van der Waals surface area contributed by atoms with Crippen molar-refractivity contribution in [2.24, 2.45) is 0 Å². The molecule has 1 aromatic carbocycles. The minimum atomic E-state index is -0.520. The number of amides is 1. The molecule has 0 bridgehead atoms. The summed E-state index contributed by atoms with van der Waals surface area (Å²) in [5, 5.41) is 2.87. The molecule has 1 fully saturated rings. The van der Waals surface area contributed by atoms with Crippen molar-refractivity contribution in [2.45, 2.75) is 51.7 Å². The third-order valence-corrected chi connectivity index (χ3v) is 5.46. The summed E-state index contributed by atoms with van der Waals surface area (Å²) < 4.78 is 10.3. The van der Waals surface area contributed by atoms with Crippen LogP contribution in [0.3, 0.4) is 0 Å². The summed E-state index contributed by atoms with van der Waals surface area (Å²) in [6.45, 7) is 6.31. The Kier molecular flexibility index (Phi) is 6.03. The minimum Gasteiger partial charge on any atom is -0.465 e. The molecule has 1 aliphatic rings. The second kappa shape index (κ2) is 8.31. The molecule has 2 heterocycles. The van der Waals surface area contributed by atoms with Gasteiger partial charge in [-0.25, -0.2) is 14.6 Å². The molecule has 150 valence electrons. The van der Waals surface area contributed by atoms with Gasteiger partial charge in [-0.1, -0.05) is 12.1 Å². The van der Waals surface area contributed by atoms with Gasteiger partial charge >= 0.3 is 12.1 Å². The number of ether oxygens (including phenoxy) is 2. The third-order valence-electron chi connectivity index (χ3n) is 4.55. The predicted molar refractivity (Wildman–Crippen MR) is 108 cm³/mol. The molecular weight excluding hydrogens is 376 g/mol. The highest BCUT2D eigenvalue weighted by atomic mass is 32.1. The number of rotatable bonds is 3. The average Bonchev–Trinajstić information content (AvgIpc) is 3.16. The number of methoxy groups -OCH3 is 1. The van der Waals surface area contributed by atoms with Crippen LogP contribution in [0.25, 0.3) is 10.6 Å². The van der Waals surface area contributed by atoms with Gasteiger partial charge in [-0.3, -0.25) is 4.90 Å². The fourth-order valence-corrected chi connectivity index (χ4v) is 4.09. The zero-order chi connectivity index (χ0) is 20.3. The normalized spacial score (nSPS) is 17.3. The van der Waals surface area contributed by atoms with E-state index in [0.717, 1.165) is 35.5 Å². The molecule has 1 aromatic heterocycles. The van der Waals surface area contributed by atoms with Gasteiger partial charge in [0.1, 0.15) is 10.6 Å². The summed E-state index contributed by atoms with van der Waals surface area (Å²) in [4.78, 5) is 30.8. The number of esters is 1. The molecule has 0 saturated carbocycles. The Morgan fingerprint density at radius 3 is 2.54 bits per heavy atom. The van der Waals surface area contributed by atoms with Crippen molar-refractivity contribution in [1.82, 2.24) is 9.88 Å². The Hall–Kier alpha value is -2.41. The van der Waals surface area contributed by atoms with Gasteiger partial charge in [0.05, 0.1) is 24.4 Å². The van der Waals surface area contributed by atoms with Crippen LogP contribution < -0.4 is 0 Å². The first-order valence-electron chi connectivity index (χ1n) is 9.42. The standard InChI is InChI=1S/C21H26N2O4S/c1-21(2,3)27-20(25)23-12-6-5-7-17(23)16-13-28-18(22-16)14-8-10-15(11-9-14)19(24)26-4/h8-11,13,17H,5-7,12H2,1-4H3. The first-order chi connectivity index (χ1) is 13.3.